The second kappa shape index (κ2) is 8.54. The highest BCUT2D eigenvalue weighted by Crippen LogP contribution is 2.45. The zero-order valence-electron chi connectivity index (χ0n) is 18.5. The van der Waals surface area contributed by atoms with E-state index in [-0.39, 0.29) is 30.9 Å². The number of carbonyl (C=O) groups is 3. The van der Waals surface area contributed by atoms with Gasteiger partial charge in [0.15, 0.2) is 0 Å². The smallest absolute Gasteiger partial charge is 0.408 e. The lowest BCUT2D eigenvalue weighted by Gasteiger charge is -2.37. The van der Waals surface area contributed by atoms with E-state index in [0.29, 0.717) is 25.8 Å². The van der Waals surface area contributed by atoms with E-state index in [2.05, 4.69) is 29.6 Å². The molecule has 2 amide bonds. The van der Waals surface area contributed by atoms with Crippen LogP contribution in [0.4, 0.5) is 4.79 Å². The van der Waals surface area contributed by atoms with Crippen molar-refractivity contribution in [1.82, 2.24) is 10.2 Å². The standard InChI is InChI=1S/C26H28N2O5/c29-23(30)15-17-7-5-6-14-28(17)24(31)26(12-13-26)27-25(32)33-16-22-20-10-3-1-8-18(20)19-9-2-4-11-21(19)22/h1-4,8-11,17,22H,5-7,12-16H2,(H,27,32)(H,29,30)/t17-/m0/s1. The fourth-order valence-electron chi connectivity index (χ4n) is 5.30. The van der Waals surface area contributed by atoms with Gasteiger partial charge in [-0.25, -0.2) is 4.79 Å². The number of carboxylic acid groups (broad SMARTS) is 1. The van der Waals surface area contributed by atoms with E-state index < -0.39 is 17.6 Å². The highest BCUT2D eigenvalue weighted by atomic mass is 16.5. The van der Waals surface area contributed by atoms with Gasteiger partial charge in [-0.05, 0) is 54.4 Å². The van der Waals surface area contributed by atoms with Crippen molar-refractivity contribution in [3.05, 3.63) is 59.7 Å². The van der Waals surface area contributed by atoms with Crippen molar-refractivity contribution in [2.45, 2.75) is 56.0 Å². The van der Waals surface area contributed by atoms with Gasteiger partial charge in [0, 0.05) is 18.5 Å². The largest absolute Gasteiger partial charge is 0.481 e. The van der Waals surface area contributed by atoms with E-state index in [0.717, 1.165) is 35.1 Å². The first kappa shape index (κ1) is 21.5. The van der Waals surface area contributed by atoms with Gasteiger partial charge >= 0.3 is 12.1 Å². The quantitative estimate of drug-likeness (QED) is 0.699. The van der Waals surface area contributed by atoms with Gasteiger partial charge in [-0.1, -0.05) is 48.5 Å². The summed E-state index contributed by atoms with van der Waals surface area (Å²) in [6.45, 7) is 0.723. The number of rotatable bonds is 6. The molecule has 7 nitrogen and oxygen atoms in total. The number of hydrogen-bond acceptors (Lipinski definition) is 4. The maximum Gasteiger partial charge on any atom is 0.408 e. The molecule has 7 heteroatoms. The van der Waals surface area contributed by atoms with Crippen molar-refractivity contribution in [2.75, 3.05) is 13.2 Å². The Labute approximate surface area is 192 Å². The number of hydrogen-bond donors (Lipinski definition) is 2. The van der Waals surface area contributed by atoms with Gasteiger partial charge in [0.1, 0.15) is 12.1 Å². The highest BCUT2D eigenvalue weighted by Gasteiger charge is 2.54. The van der Waals surface area contributed by atoms with E-state index in [9.17, 15) is 19.5 Å². The molecular weight excluding hydrogens is 420 g/mol. The van der Waals surface area contributed by atoms with Crippen molar-refractivity contribution in [3.63, 3.8) is 0 Å². The summed E-state index contributed by atoms with van der Waals surface area (Å²) in [4.78, 5) is 38.9. The van der Waals surface area contributed by atoms with Crippen LogP contribution in [0, 0.1) is 0 Å². The van der Waals surface area contributed by atoms with Gasteiger partial charge in [-0.15, -0.1) is 0 Å². The van der Waals surface area contributed by atoms with E-state index in [1.54, 1.807) is 4.90 Å². The Balaban J connectivity index is 1.24. The van der Waals surface area contributed by atoms with Crippen LogP contribution in [0.5, 0.6) is 0 Å². The maximum absolute atomic E-state index is 13.3. The first-order chi connectivity index (χ1) is 16.0. The van der Waals surface area contributed by atoms with Crippen molar-refractivity contribution < 1.29 is 24.2 Å². The Morgan fingerprint density at radius 2 is 1.64 bits per heavy atom. The van der Waals surface area contributed by atoms with Crippen molar-refractivity contribution in [3.8, 4) is 11.1 Å². The number of piperidine rings is 1. The number of fused-ring (bicyclic) bond motifs is 3. The Bertz CT molecular complexity index is 1050. The molecule has 1 saturated carbocycles. The fourth-order valence-corrected chi connectivity index (χ4v) is 5.30. The Morgan fingerprint density at radius 1 is 1.00 bits per heavy atom. The molecule has 0 bridgehead atoms. The van der Waals surface area contributed by atoms with Gasteiger partial charge in [0.2, 0.25) is 5.91 Å². The molecule has 1 atom stereocenters. The predicted octanol–water partition coefficient (Wildman–Crippen LogP) is 3.91. The monoisotopic (exact) mass is 448 g/mol. The van der Waals surface area contributed by atoms with Crippen molar-refractivity contribution in [2.24, 2.45) is 0 Å². The number of amides is 2. The zero-order chi connectivity index (χ0) is 23.0. The lowest BCUT2D eigenvalue weighted by molar-refractivity contribution is -0.143. The van der Waals surface area contributed by atoms with Crippen LogP contribution in [0.3, 0.4) is 0 Å². The molecule has 1 heterocycles. The molecule has 0 aromatic heterocycles. The zero-order valence-corrected chi connectivity index (χ0v) is 18.5. The van der Waals surface area contributed by atoms with E-state index in [4.69, 9.17) is 4.74 Å². The van der Waals surface area contributed by atoms with Crippen LogP contribution in [-0.2, 0) is 14.3 Å². The Kier molecular flexibility index (Phi) is 5.56. The average molecular weight is 449 g/mol. The number of nitrogens with one attached hydrogen (secondary N) is 1. The van der Waals surface area contributed by atoms with Gasteiger partial charge in [-0.3, -0.25) is 9.59 Å². The third kappa shape index (κ3) is 4.08. The molecule has 3 aliphatic rings. The molecule has 2 fully saturated rings. The normalized spacial score (nSPS) is 20.5. The summed E-state index contributed by atoms with van der Waals surface area (Å²) in [7, 11) is 0. The third-order valence-corrected chi connectivity index (χ3v) is 7.14. The molecule has 2 aliphatic carbocycles. The van der Waals surface area contributed by atoms with Crippen LogP contribution in [0.1, 0.15) is 55.6 Å². The second-order valence-electron chi connectivity index (χ2n) is 9.28. The molecular formula is C26H28N2O5. The molecule has 2 N–H and O–H groups in total. The minimum atomic E-state index is -0.962. The van der Waals surface area contributed by atoms with Crippen molar-refractivity contribution in [1.29, 1.82) is 0 Å². The Morgan fingerprint density at radius 3 is 2.24 bits per heavy atom. The number of likely N-dealkylation sites (tertiary alicyclic amines) is 1. The summed E-state index contributed by atoms with van der Waals surface area (Å²) in [5.41, 5.74) is 3.62. The number of nitrogens with zero attached hydrogens (tertiary/aromatic N) is 1. The lowest BCUT2D eigenvalue weighted by atomic mass is 9.98. The first-order valence-corrected chi connectivity index (χ1v) is 11.6. The van der Waals surface area contributed by atoms with Gasteiger partial charge in [0.05, 0.1) is 6.42 Å². The van der Waals surface area contributed by atoms with Crippen LogP contribution in [0.15, 0.2) is 48.5 Å². The molecule has 2 aromatic carbocycles. The molecule has 0 unspecified atom stereocenters. The number of alkyl carbamates (subject to hydrolysis) is 1. The maximum atomic E-state index is 13.3. The molecule has 33 heavy (non-hydrogen) atoms. The molecule has 2 aromatic rings. The number of carbonyl (C=O) groups excluding carboxylic acids is 2. The highest BCUT2D eigenvalue weighted by molar-refractivity contribution is 5.93. The summed E-state index contributed by atoms with van der Waals surface area (Å²) in [6.07, 6.45) is 2.87. The minimum absolute atomic E-state index is 0.0453. The first-order valence-electron chi connectivity index (χ1n) is 11.6. The number of ether oxygens (including phenoxy) is 1. The van der Waals surface area contributed by atoms with Gasteiger partial charge in [0.25, 0.3) is 0 Å². The number of benzene rings is 2. The molecule has 1 aliphatic heterocycles. The minimum Gasteiger partial charge on any atom is -0.481 e. The van der Waals surface area contributed by atoms with Gasteiger partial charge < -0.3 is 20.1 Å². The van der Waals surface area contributed by atoms with Gasteiger partial charge in [-0.2, -0.15) is 0 Å². The van der Waals surface area contributed by atoms with Crippen LogP contribution in [-0.4, -0.2) is 52.7 Å². The van der Waals surface area contributed by atoms with E-state index in [1.807, 2.05) is 24.3 Å². The topological polar surface area (TPSA) is 95.9 Å². The molecule has 0 radical (unpaired) electrons. The third-order valence-electron chi connectivity index (χ3n) is 7.14. The number of aliphatic carboxylic acids is 1. The molecule has 0 spiro atoms. The summed E-state index contributed by atoms with van der Waals surface area (Å²) in [5, 5.41) is 12.0. The average Bonchev–Trinajstić information content (AvgIpc) is 3.52. The summed E-state index contributed by atoms with van der Waals surface area (Å²) < 4.78 is 5.63. The van der Waals surface area contributed by atoms with E-state index in [1.165, 1.54) is 0 Å². The lowest BCUT2D eigenvalue weighted by Crippen LogP contribution is -2.55. The van der Waals surface area contributed by atoms with Crippen molar-refractivity contribution >= 4 is 18.0 Å². The Hall–Kier alpha value is -3.35. The summed E-state index contributed by atoms with van der Waals surface area (Å²) in [5.74, 6) is -1.13. The van der Waals surface area contributed by atoms with Crippen LogP contribution >= 0.6 is 0 Å². The molecule has 5 rings (SSSR count). The summed E-state index contributed by atoms with van der Waals surface area (Å²) in [6, 6.07) is 16.0. The van der Waals surface area contributed by atoms with Crippen LogP contribution < -0.4 is 5.32 Å². The summed E-state index contributed by atoms with van der Waals surface area (Å²) >= 11 is 0. The SMILES string of the molecule is O=C(O)C[C@@H]1CCCCN1C(=O)C1(NC(=O)OCC2c3ccccc3-c3ccccc32)CC1. The number of carboxylic acids is 1. The molecule has 1 saturated heterocycles. The molecule has 172 valence electrons. The van der Waals surface area contributed by atoms with Crippen LogP contribution in [0.2, 0.25) is 0 Å². The second-order valence-corrected chi connectivity index (χ2v) is 9.28. The van der Waals surface area contributed by atoms with E-state index >= 15 is 0 Å². The van der Waals surface area contributed by atoms with Crippen LogP contribution in [0.25, 0.3) is 11.1 Å². The predicted molar refractivity (Wildman–Crippen MR) is 122 cm³/mol. The fraction of sp³-hybridized carbons (Fsp3) is 0.423.